The highest BCUT2D eigenvalue weighted by Crippen LogP contribution is 2.53. The number of carbonyl (C=O) groups is 2. The molecule has 2 heterocycles. The Hall–Kier alpha value is -5.45. The van der Waals surface area contributed by atoms with Gasteiger partial charge in [-0.3, -0.25) is 14.2 Å². The summed E-state index contributed by atoms with van der Waals surface area (Å²) in [5, 5.41) is 14.1. The number of ether oxygens (including phenoxy) is 5. The molecule has 20 heteroatoms. The zero-order chi connectivity index (χ0) is 48.4. The van der Waals surface area contributed by atoms with Crippen LogP contribution in [0.5, 0.6) is 11.5 Å². The lowest BCUT2D eigenvalue weighted by atomic mass is 9.80. The molecular formula is C46H56F3N6O10P. The molecule has 1 unspecified atom stereocenters. The number of nitrogens with zero attached hydrogens (tertiary/aromatic N) is 4. The van der Waals surface area contributed by atoms with Crippen molar-refractivity contribution in [3.05, 3.63) is 118 Å². The molecule has 5 atom stereocenters. The Labute approximate surface area is 383 Å². The lowest BCUT2D eigenvalue weighted by Gasteiger charge is -2.43. The molecule has 16 nitrogen and oxygen atoms in total. The van der Waals surface area contributed by atoms with Gasteiger partial charge in [-0.2, -0.15) is 23.4 Å². The third-order valence-electron chi connectivity index (χ3n) is 10.6. The van der Waals surface area contributed by atoms with Gasteiger partial charge in [-0.15, -0.1) is 0 Å². The maximum Gasteiger partial charge on any atom is 0.471 e. The fourth-order valence-electron chi connectivity index (χ4n) is 7.51. The highest BCUT2D eigenvalue weighted by atomic mass is 31.2. The van der Waals surface area contributed by atoms with Crippen molar-refractivity contribution in [1.29, 1.82) is 5.26 Å². The van der Waals surface area contributed by atoms with Gasteiger partial charge in [-0.05, 0) is 74.7 Å². The van der Waals surface area contributed by atoms with E-state index in [0.29, 0.717) is 28.2 Å². The van der Waals surface area contributed by atoms with Crippen LogP contribution in [0.4, 0.5) is 19.0 Å². The SMILES string of the molecule is COc1ccc(C(OC[C@@]2(NC(=O)C(F)(F)F)O[C@@H](n3ccc(NC(=O)C(C)C)nc3=O)[C@H](OC)[C@@H]2OP(OCCC#N)N(C(C)C)C(C)C)(c2ccccc2)c2ccc(OC)cc2)cc1. The van der Waals surface area contributed by atoms with Gasteiger partial charge in [0.2, 0.25) is 5.91 Å². The largest absolute Gasteiger partial charge is 0.497 e. The van der Waals surface area contributed by atoms with Gasteiger partial charge >= 0.3 is 17.8 Å². The predicted molar refractivity (Wildman–Crippen MR) is 238 cm³/mol. The van der Waals surface area contributed by atoms with Crippen LogP contribution in [0.15, 0.2) is 95.9 Å². The number of hydrogen-bond acceptors (Lipinski definition) is 13. The number of alkyl halides is 3. The van der Waals surface area contributed by atoms with Crippen LogP contribution in [0.3, 0.4) is 0 Å². The van der Waals surface area contributed by atoms with E-state index in [1.165, 1.54) is 33.6 Å². The molecule has 1 saturated heterocycles. The number of hydrogen-bond donors (Lipinski definition) is 2. The van der Waals surface area contributed by atoms with E-state index < -0.39 is 74.5 Å². The summed E-state index contributed by atoms with van der Waals surface area (Å²) in [6.07, 6.45) is -9.24. The van der Waals surface area contributed by atoms with Crippen molar-refractivity contribution in [3.8, 4) is 17.6 Å². The first-order valence-electron chi connectivity index (χ1n) is 21.1. The van der Waals surface area contributed by atoms with Crippen LogP contribution >= 0.6 is 8.53 Å². The lowest BCUT2D eigenvalue weighted by molar-refractivity contribution is -0.203. The van der Waals surface area contributed by atoms with Crippen molar-refractivity contribution in [3.63, 3.8) is 0 Å². The molecule has 0 radical (unpaired) electrons. The van der Waals surface area contributed by atoms with Crippen molar-refractivity contribution < 1.29 is 55.5 Å². The van der Waals surface area contributed by atoms with Crippen LogP contribution in [0.2, 0.25) is 0 Å². The summed E-state index contributed by atoms with van der Waals surface area (Å²) in [6.45, 7) is 9.70. The van der Waals surface area contributed by atoms with Crippen molar-refractivity contribution in [2.24, 2.45) is 5.92 Å². The molecule has 2 N–H and O–H groups in total. The Morgan fingerprint density at radius 2 is 1.45 bits per heavy atom. The molecule has 2 amide bonds. The number of anilines is 1. The quantitative estimate of drug-likeness (QED) is 0.0478. The van der Waals surface area contributed by atoms with Gasteiger partial charge in [0.05, 0.1) is 39.9 Å². The van der Waals surface area contributed by atoms with Gasteiger partial charge in [0.25, 0.3) is 8.53 Å². The number of nitrogens with one attached hydrogen (secondary N) is 2. The molecule has 3 aromatic carbocycles. The van der Waals surface area contributed by atoms with E-state index in [0.717, 1.165) is 4.57 Å². The number of nitriles is 1. The van der Waals surface area contributed by atoms with Crippen LogP contribution in [0.1, 0.15) is 70.9 Å². The Kier molecular flexibility index (Phi) is 17.5. The minimum atomic E-state index is -5.48. The summed E-state index contributed by atoms with van der Waals surface area (Å²) >= 11 is 0. The van der Waals surface area contributed by atoms with Gasteiger partial charge < -0.3 is 43.4 Å². The topological polar surface area (TPSA) is 185 Å². The van der Waals surface area contributed by atoms with Crippen molar-refractivity contribution in [1.82, 2.24) is 19.5 Å². The van der Waals surface area contributed by atoms with Gasteiger partial charge in [0, 0.05) is 31.3 Å². The minimum absolute atomic E-state index is 0.0626. The zero-order valence-electron chi connectivity index (χ0n) is 38.2. The molecule has 0 aliphatic carbocycles. The number of methoxy groups -OCH3 is 3. The lowest BCUT2D eigenvalue weighted by Crippen LogP contribution is -2.63. The molecule has 0 bridgehead atoms. The highest BCUT2D eigenvalue weighted by molar-refractivity contribution is 7.44. The van der Waals surface area contributed by atoms with E-state index in [9.17, 15) is 32.8 Å². The monoisotopic (exact) mass is 940 g/mol. The van der Waals surface area contributed by atoms with Crippen LogP contribution < -0.4 is 25.8 Å². The maximum absolute atomic E-state index is 14.7. The first kappa shape index (κ1) is 51.5. The molecule has 4 aromatic rings. The second-order valence-electron chi connectivity index (χ2n) is 16.1. The Morgan fingerprint density at radius 3 is 1.92 bits per heavy atom. The number of halogens is 3. The fraction of sp³-hybridized carbons (Fsp3) is 0.457. The second-order valence-corrected chi connectivity index (χ2v) is 17.5. The number of benzene rings is 3. The summed E-state index contributed by atoms with van der Waals surface area (Å²) in [7, 11) is 1.93. The van der Waals surface area contributed by atoms with Crippen molar-refractivity contribution >= 4 is 26.2 Å². The Morgan fingerprint density at radius 1 is 0.894 bits per heavy atom. The van der Waals surface area contributed by atoms with Crippen LogP contribution in [-0.4, -0.2) is 96.8 Å². The molecular weight excluding hydrogens is 885 g/mol. The number of aromatic nitrogens is 2. The molecule has 1 aliphatic rings. The van der Waals surface area contributed by atoms with Crippen molar-refractivity contribution in [2.45, 2.75) is 96.0 Å². The molecule has 0 saturated carbocycles. The summed E-state index contributed by atoms with van der Waals surface area (Å²) in [6, 6.07) is 25.3. The van der Waals surface area contributed by atoms with E-state index in [2.05, 4.69) is 15.6 Å². The molecule has 1 fully saturated rings. The van der Waals surface area contributed by atoms with Crippen LogP contribution in [0.25, 0.3) is 0 Å². The molecule has 1 aromatic heterocycles. The number of rotatable bonds is 21. The molecule has 0 spiro atoms. The third kappa shape index (κ3) is 11.6. The average molecular weight is 941 g/mol. The predicted octanol–water partition coefficient (Wildman–Crippen LogP) is 7.44. The average Bonchev–Trinajstić information content (AvgIpc) is 3.58. The molecule has 1 aliphatic heterocycles. The first-order valence-corrected chi connectivity index (χ1v) is 22.2. The molecule has 66 heavy (non-hydrogen) atoms. The van der Waals surface area contributed by atoms with Gasteiger partial charge in [-0.1, -0.05) is 68.4 Å². The third-order valence-corrected chi connectivity index (χ3v) is 12.8. The second kappa shape index (κ2) is 22.4. The summed E-state index contributed by atoms with van der Waals surface area (Å²) in [4.78, 5) is 44.0. The number of carbonyl (C=O) groups excluding carboxylic acids is 2. The van der Waals surface area contributed by atoms with E-state index in [1.54, 1.807) is 92.7 Å². The maximum atomic E-state index is 14.7. The highest BCUT2D eigenvalue weighted by Gasteiger charge is 2.63. The standard InChI is InChI=1S/C46H56F3N6O10P/c1-29(2)40(56)51-37-24-26-54(43(58)52-37)41-38(61-9)39(65-66(63-27-13-25-50)55(30(3)4)31(5)6)44(64-41,53-42(57)46(47,48)49)28-62-45(32-14-11-10-12-15-32,33-16-20-35(59-7)21-17-33)34-18-22-36(60-8)23-19-34/h10-12,14-24,26,29-31,38-39,41H,13,27-28H2,1-9H3,(H,53,57)(H,51,52,56,58)/t38-,39+,41-,44-,66?/m1/s1. The summed E-state index contributed by atoms with van der Waals surface area (Å²) in [5.74, 6) is -2.40. The smallest absolute Gasteiger partial charge is 0.471 e. The van der Waals surface area contributed by atoms with E-state index >= 15 is 0 Å². The van der Waals surface area contributed by atoms with E-state index in [1.807, 2.05) is 38.4 Å². The van der Waals surface area contributed by atoms with Crippen LogP contribution in [0, 0.1) is 17.2 Å². The molecule has 5 rings (SSSR count). The van der Waals surface area contributed by atoms with Crippen LogP contribution in [-0.2, 0) is 38.4 Å². The van der Waals surface area contributed by atoms with Crippen molar-refractivity contribution in [2.75, 3.05) is 39.9 Å². The van der Waals surface area contributed by atoms with E-state index in [4.69, 9.17) is 32.7 Å². The Bertz CT molecular complexity index is 2280. The molecule has 356 valence electrons. The number of amides is 2. The summed E-state index contributed by atoms with van der Waals surface area (Å²) in [5.41, 5.74) is -3.86. The Balaban J connectivity index is 1.81. The first-order chi connectivity index (χ1) is 31.3. The van der Waals surface area contributed by atoms with E-state index in [-0.39, 0.29) is 30.9 Å². The fourth-order valence-corrected chi connectivity index (χ4v) is 9.30. The van der Waals surface area contributed by atoms with Gasteiger partial charge in [0.1, 0.15) is 35.1 Å². The normalized spacial score (nSPS) is 19.2. The minimum Gasteiger partial charge on any atom is -0.497 e. The van der Waals surface area contributed by atoms with Gasteiger partial charge in [-0.25, -0.2) is 9.46 Å². The summed E-state index contributed by atoms with van der Waals surface area (Å²) < 4.78 is 90.8. The zero-order valence-corrected chi connectivity index (χ0v) is 39.1. The van der Waals surface area contributed by atoms with Gasteiger partial charge in [0.15, 0.2) is 12.0 Å².